The lowest BCUT2D eigenvalue weighted by Crippen LogP contribution is -2.15. The highest BCUT2D eigenvalue weighted by Gasteiger charge is 2.06. The summed E-state index contributed by atoms with van der Waals surface area (Å²) in [4.78, 5) is 0. The Labute approximate surface area is 80.1 Å². The van der Waals surface area contributed by atoms with Crippen LogP contribution in [0.3, 0.4) is 0 Å². The second kappa shape index (κ2) is 4.87. The molecule has 0 fully saturated rings. The Hall–Kier alpha value is -1.02. The number of nitrogen functional groups attached to an aromatic ring is 1. The number of rotatable bonds is 4. The van der Waals surface area contributed by atoms with Gasteiger partial charge in [0.2, 0.25) is 0 Å². The maximum Gasteiger partial charge on any atom is 0.0317 e. The number of hydrogen-bond donors (Lipinski definition) is 2. The van der Waals surface area contributed by atoms with Gasteiger partial charge in [0.25, 0.3) is 0 Å². The fourth-order valence-corrected chi connectivity index (χ4v) is 1.49. The first kappa shape index (κ1) is 10.1. The first-order valence-corrected chi connectivity index (χ1v) is 4.80. The topological polar surface area (TPSA) is 38.0 Å². The molecule has 1 atom stereocenters. The van der Waals surface area contributed by atoms with Crippen LogP contribution in [0.4, 0.5) is 5.69 Å². The number of nitrogens with one attached hydrogen (secondary N) is 1. The summed E-state index contributed by atoms with van der Waals surface area (Å²) in [5, 5.41) is 3.30. The molecule has 0 aliphatic carbocycles. The van der Waals surface area contributed by atoms with Gasteiger partial charge in [-0.1, -0.05) is 25.5 Å². The lowest BCUT2D eigenvalue weighted by molar-refractivity contribution is 0.542. The van der Waals surface area contributed by atoms with Gasteiger partial charge >= 0.3 is 0 Å². The molecule has 3 N–H and O–H groups in total. The highest BCUT2D eigenvalue weighted by molar-refractivity contribution is 5.40. The van der Waals surface area contributed by atoms with Gasteiger partial charge in [0.15, 0.2) is 0 Å². The Bertz CT molecular complexity index is 241. The zero-order chi connectivity index (χ0) is 9.68. The average molecular weight is 178 g/mol. The van der Waals surface area contributed by atoms with Crippen molar-refractivity contribution in [3.8, 4) is 0 Å². The van der Waals surface area contributed by atoms with Crippen LogP contribution in [0.15, 0.2) is 24.3 Å². The summed E-state index contributed by atoms with van der Waals surface area (Å²) < 4.78 is 0. The number of anilines is 1. The summed E-state index contributed by atoms with van der Waals surface area (Å²) in [6.07, 6.45) is 2.36. The van der Waals surface area contributed by atoms with Crippen LogP contribution >= 0.6 is 0 Å². The van der Waals surface area contributed by atoms with E-state index in [1.54, 1.807) is 0 Å². The number of hydrogen-bond acceptors (Lipinski definition) is 2. The van der Waals surface area contributed by atoms with Gasteiger partial charge in [-0.3, -0.25) is 0 Å². The van der Waals surface area contributed by atoms with E-state index in [0.29, 0.717) is 6.04 Å². The van der Waals surface area contributed by atoms with Crippen molar-refractivity contribution in [1.82, 2.24) is 5.32 Å². The van der Waals surface area contributed by atoms with Crippen molar-refractivity contribution in [3.63, 3.8) is 0 Å². The summed E-state index contributed by atoms with van der Waals surface area (Å²) >= 11 is 0. The van der Waals surface area contributed by atoms with E-state index in [0.717, 1.165) is 5.69 Å². The molecule has 0 aromatic heterocycles. The smallest absolute Gasteiger partial charge is 0.0317 e. The van der Waals surface area contributed by atoms with E-state index in [1.807, 2.05) is 19.2 Å². The fourth-order valence-electron chi connectivity index (χ4n) is 1.49. The molecule has 0 bridgehead atoms. The predicted molar refractivity (Wildman–Crippen MR) is 57.6 cm³/mol. The molecule has 0 saturated heterocycles. The van der Waals surface area contributed by atoms with Crippen molar-refractivity contribution in [1.29, 1.82) is 0 Å². The molecule has 0 heterocycles. The fraction of sp³-hybridized carbons (Fsp3) is 0.455. The van der Waals surface area contributed by atoms with E-state index < -0.39 is 0 Å². The number of benzene rings is 1. The van der Waals surface area contributed by atoms with E-state index in [9.17, 15) is 0 Å². The van der Waals surface area contributed by atoms with Gasteiger partial charge in [-0.05, 0) is 31.2 Å². The molecular formula is C11H18N2. The van der Waals surface area contributed by atoms with Gasteiger partial charge in [-0.15, -0.1) is 0 Å². The molecule has 1 unspecified atom stereocenters. The van der Waals surface area contributed by atoms with Crippen LogP contribution in [-0.4, -0.2) is 7.05 Å². The van der Waals surface area contributed by atoms with E-state index in [4.69, 9.17) is 5.73 Å². The van der Waals surface area contributed by atoms with Crippen molar-refractivity contribution < 1.29 is 0 Å². The minimum Gasteiger partial charge on any atom is -0.399 e. The minimum absolute atomic E-state index is 0.464. The molecule has 0 saturated carbocycles. The van der Waals surface area contributed by atoms with Crippen molar-refractivity contribution >= 4 is 5.69 Å². The van der Waals surface area contributed by atoms with Crippen molar-refractivity contribution in [2.24, 2.45) is 0 Å². The molecule has 0 spiro atoms. The zero-order valence-corrected chi connectivity index (χ0v) is 8.38. The van der Waals surface area contributed by atoms with Gasteiger partial charge in [0, 0.05) is 11.7 Å². The minimum atomic E-state index is 0.464. The van der Waals surface area contributed by atoms with E-state index in [2.05, 4.69) is 24.4 Å². The summed E-state index contributed by atoms with van der Waals surface area (Å²) in [7, 11) is 2.00. The van der Waals surface area contributed by atoms with Gasteiger partial charge in [0.05, 0.1) is 0 Å². The van der Waals surface area contributed by atoms with E-state index in [-0.39, 0.29) is 0 Å². The van der Waals surface area contributed by atoms with Crippen molar-refractivity contribution in [2.75, 3.05) is 12.8 Å². The quantitative estimate of drug-likeness (QED) is 0.694. The lowest BCUT2D eigenvalue weighted by atomic mass is 10.0. The van der Waals surface area contributed by atoms with Gasteiger partial charge < -0.3 is 11.1 Å². The van der Waals surface area contributed by atoms with Gasteiger partial charge in [-0.25, -0.2) is 0 Å². The third-order valence-electron chi connectivity index (χ3n) is 2.26. The SMILES string of the molecule is CCCC(NC)c1ccc(N)cc1. The molecule has 1 aromatic rings. The van der Waals surface area contributed by atoms with E-state index >= 15 is 0 Å². The molecular weight excluding hydrogens is 160 g/mol. The summed E-state index contributed by atoms with van der Waals surface area (Å²) in [5.41, 5.74) is 7.77. The third kappa shape index (κ3) is 2.74. The zero-order valence-electron chi connectivity index (χ0n) is 8.38. The van der Waals surface area contributed by atoms with Crippen LogP contribution in [0.25, 0.3) is 0 Å². The van der Waals surface area contributed by atoms with Crippen molar-refractivity contribution in [3.05, 3.63) is 29.8 Å². The monoisotopic (exact) mass is 178 g/mol. The predicted octanol–water partition coefficient (Wildman–Crippen LogP) is 2.33. The van der Waals surface area contributed by atoms with Crippen LogP contribution in [-0.2, 0) is 0 Å². The normalized spacial score (nSPS) is 12.8. The highest BCUT2D eigenvalue weighted by atomic mass is 14.9. The molecule has 0 aliphatic rings. The molecule has 0 amide bonds. The molecule has 1 aromatic carbocycles. The summed E-state index contributed by atoms with van der Waals surface area (Å²) in [6.45, 7) is 2.20. The molecule has 72 valence electrons. The Morgan fingerprint density at radius 1 is 1.31 bits per heavy atom. The largest absolute Gasteiger partial charge is 0.399 e. The molecule has 0 radical (unpaired) electrons. The van der Waals surface area contributed by atoms with Crippen LogP contribution < -0.4 is 11.1 Å². The van der Waals surface area contributed by atoms with Gasteiger partial charge in [0.1, 0.15) is 0 Å². The van der Waals surface area contributed by atoms with Crippen molar-refractivity contribution in [2.45, 2.75) is 25.8 Å². The third-order valence-corrected chi connectivity index (χ3v) is 2.26. The Morgan fingerprint density at radius 3 is 2.38 bits per heavy atom. The first-order chi connectivity index (χ1) is 6.27. The second-order valence-electron chi connectivity index (χ2n) is 3.30. The standard InChI is InChI=1S/C11H18N2/c1-3-4-11(13-2)9-5-7-10(12)8-6-9/h5-8,11,13H,3-4,12H2,1-2H3. The average Bonchev–Trinajstić information content (AvgIpc) is 2.16. The van der Waals surface area contributed by atoms with Crippen LogP contribution in [0.5, 0.6) is 0 Å². The maximum absolute atomic E-state index is 5.62. The van der Waals surface area contributed by atoms with Crippen LogP contribution in [0, 0.1) is 0 Å². The molecule has 13 heavy (non-hydrogen) atoms. The lowest BCUT2D eigenvalue weighted by Gasteiger charge is -2.15. The molecule has 2 heteroatoms. The van der Waals surface area contributed by atoms with Crippen LogP contribution in [0.2, 0.25) is 0 Å². The maximum atomic E-state index is 5.62. The highest BCUT2D eigenvalue weighted by Crippen LogP contribution is 2.18. The Balaban J connectivity index is 2.73. The van der Waals surface area contributed by atoms with E-state index in [1.165, 1.54) is 18.4 Å². The number of nitrogens with two attached hydrogens (primary N) is 1. The first-order valence-electron chi connectivity index (χ1n) is 4.80. The Morgan fingerprint density at radius 2 is 1.92 bits per heavy atom. The van der Waals surface area contributed by atoms with Gasteiger partial charge in [-0.2, -0.15) is 0 Å². The van der Waals surface area contributed by atoms with Crippen LogP contribution in [0.1, 0.15) is 31.4 Å². The summed E-state index contributed by atoms with van der Waals surface area (Å²) in [6, 6.07) is 8.55. The molecule has 1 rings (SSSR count). The second-order valence-corrected chi connectivity index (χ2v) is 3.30. The molecule has 2 nitrogen and oxygen atoms in total. The molecule has 0 aliphatic heterocycles. The Kier molecular flexibility index (Phi) is 3.77. The summed E-state index contributed by atoms with van der Waals surface area (Å²) in [5.74, 6) is 0.